The van der Waals surface area contributed by atoms with Crippen LogP contribution in [-0.4, -0.2) is 33.3 Å². The molecule has 0 aliphatic rings. The average Bonchev–Trinajstić information content (AvgIpc) is 2.85. The number of carbonyl (C=O) groups is 2. The first-order valence-electron chi connectivity index (χ1n) is 9.75. The topological polar surface area (TPSA) is 84.2 Å². The number of nitrogens with one attached hydrogen (secondary N) is 1. The van der Waals surface area contributed by atoms with Crippen LogP contribution in [0, 0.1) is 32.6 Å². The quantitative estimate of drug-likeness (QED) is 0.695. The molecule has 0 saturated carbocycles. The van der Waals surface area contributed by atoms with Crippen LogP contribution in [0.5, 0.6) is 0 Å². The number of carboxylic acid groups (broad SMARTS) is 1. The largest absolute Gasteiger partial charge is 0.481 e. The van der Waals surface area contributed by atoms with E-state index in [-0.39, 0.29) is 18.9 Å². The molecule has 6 heteroatoms. The summed E-state index contributed by atoms with van der Waals surface area (Å²) in [6, 6.07) is 7.79. The Hall–Kier alpha value is -2.63. The third kappa shape index (κ3) is 5.94. The van der Waals surface area contributed by atoms with E-state index in [1.54, 1.807) is 0 Å². The molecular formula is C22H31N3O3. The van der Waals surface area contributed by atoms with Crippen LogP contribution < -0.4 is 5.32 Å². The van der Waals surface area contributed by atoms with E-state index in [2.05, 4.69) is 24.3 Å². The summed E-state index contributed by atoms with van der Waals surface area (Å²) in [5.41, 5.74) is 4.82. The number of amides is 1. The molecule has 1 unspecified atom stereocenters. The Bertz CT molecular complexity index is 840. The van der Waals surface area contributed by atoms with Crippen LogP contribution in [0.25, 0.3) is 0 Å². The summed E-state index contributed by atoms with van der Waals surface area (Å²) in [6.07, 6.45) is 0.605. The minimum atomic E-state index is -0.904. The number of carboxylic acids is 1. The van der Waals surface area contributed by atoms with Gasteiger partial charge in [0.05, 0.1) is 18.0 Å². The van der Waals surface area contributed by atoms with Gasteiger partial charge in [0.25, 0.3) is 0 Å². The average molecular weight is 386 g/mol. The monoisotopic (exact) mass is 385 g/mol. The van der Waals surface area contributed by atoms with Crippen molar-refractivity contribution in [1.29, 1.82) is 0 Å². The molecule has 2 rings (SSSR count). The Kier molecular flexibility index (Phi) is 7.38. The van der Waals surface area contributed by atoms with E-state index in [1.165, 1.54) is 0 Å². The lowest BCUT2D eigenvalue weighted by molar-refractivity contribution is -0.141. The summed E-state index contributed by atoms with van der Waals surface area (Å²) in [6.45, 7) is 11.0. The van der Waals surface area contributed by atoms with Crippen LogP contribution in [0.15, 0.2) is 24.3 Å². The molecule has 1 heterocycles. The summed E-state index contributed by atoms with van der Waals surface area (Å²) in [4.78, 5) is 24.1. The molecule has 6 nitrogen and oxygen atoms in total. The lowest BCUT2D eigenvalue weighted by atomic mass is 9.98. The summed E-state index contributed by atoms with van der Waals surface area (Å²) < 4.78 is 1.94. The molecule has 1 aromatic heterocycles. The van der Waals surface area contributed by atoms with E-state index in [4.69, 9.17) is 0 Å². The second-order valence-electron chi connectivity index (χ2n) is 7.93. The number of carbonyl (C=O) groups excluding carboxylic acids is 1. The van der Waals surface area contributed by atoms with Crippen molar-refractivity contribution >= 4 is 11.9 Å². The molecule has 2 aromatic rings. The van der Waals surface area contributed by atoms with Gasteiger partial charge in [-0.1, -0.05) is 43.7 Å². The van der Waals surface area contributed by atoms with Gasteiger partial charge in [-0.05, 0) is 38.7 Å². The molecule has 0 radical (unpaired) electrons. The number of rotatable bonds is 9. The maximum absolute atomic E-state index is 12.4. The third-order valence-electron chi connectivity index (χ3n) is 4.87. The van der Waals surface area contributed by atoms with Gasteiger partial charge in [-0.3, -0.25) is 14.3 Å². The summed E-state index contributed by atoms with van der Waals surface area (Å²) in [7, 11) is 0. The zero-order chi connectivity index (χ0) is 20.8. The van der Waals surface area contributed by atoms with E-state index < -0.39 is 11.9 Å². The van der Waals surface area contributed by atoms with E-state index >= 15 is 0 Å². The molecule has 152 valence electrons. The Morgan fingerprint density at radius 1 is 1.21 bits per heavy atom. The van der Waals surface area contributed by atoms with E-state index in [0.717, 1.165) is 34.6 Å². The number of aromatic nitrogens is 2. The fraction of sp³-hybridized carbons (Fsp3) is 0.500. The maximum Gasteiger partial charge on any atom is 0.308 e. The number of aryl methyl sites for hydroxylation is 2. The van der Waals surface area contributed by atoms with E-state index in [9.17, 15) is 14.7 Å². The van der Waals surface area contributed by atoms with Gasteiger partial charge in [0, 0.05) is 24.3 Å². The molecule has 0 bridgehead atoms. The van der Waals surface area contributed by atoms with Crippen LogP contribution in [0.1, 0.15) is 41.9 Å². The van der Waals surface area contributed by atoms with Crippen LogP contribution in [0.2, 0.25) is 0 Å². The molecule has 0 aliphatic heterocycles. The van der Waals surface area contributed by atoms with Gasteiger partial charge in [0.1, 0.15) is 0 Å². The molecule has 0 saturated heterocycles. The van der Waals surface area contributed by atoms with Gasteiger partial charge in [-0.2, -0.15) is 5.10 Å². The van der Waals surface area contributed by atoms with Crippen molar-refractivity contribution in [3.05, 3.63) is 52.3 Å². The smallest absolute Gasteiger partial charge is 0.308 e. The van der Waals surface area contributed by atoms with Crippen LogP contribution in [0.3, 0.4) is 0 Å². The predicted molar refractivity (Wildman–Crippen MR) is 109 cm³/mol. The minimum absolute atomic E-state index is 0.111. The van der Waals surface area contributed by atoms with E-state index in [0.29, 0.717) is 12.3 Å². The molecule has 1 atom stereocenters. The van der Waals surface area contributed by atoms with Crippen LogP contribution >= 0.6 is 0 Å². The second kappa shape index (κ2) is 9.53. The number of nitrogens with zero attached hydrogens (tertiary/aromatic N) is 2. The first-order chi connectivity index (χ1) is 13.2. The SMILES string of the molecule is Cc1cccc(CC(CNC(=O)Cc2c(C)nn(CC(C)C)c2C)C(=O)O)c1. The third-order valence-corrected chi connectivity index (χ3v) is 4.87. The highest BCUT2D eigenvalue weighted by Gasteiger charge is 2.20. The number of aliphatic carboxylic acids is 1. The van der Waals surface area contributed by atoms with Crippen LogP contribution in [-0.2, 0) is 29.0 Å². The standard InChI is InChI=1S/C22H31N3O3/c1-14(2)13-25-17(5)20(16(4)24-25)11-21(26)23-12-19(22(27)28)10-18-8-6-7-15(3)9-18/h6-9,14,19H,10-13H2,1-5H3,(H,23,26)(H,27,28). The Labute approximate surface area is 167 Å². The zero-order valence-electron chi connectivity index (χ0n) is 17.5. The Morgan fingerprint density at radius 2 is 1.93 bits per heavy atom. The van der Waals surface area contributed by atoms with Crippen molar-refractivity contribution in [2.75, 3.05) is 6.54 Å². The molecular weight excluding hydrogens is 354 g/mol. The lowest BCUT2D eigenvalue weighted by Gasteiger charge is -2.14. The molecule has 0 fully saturated rings. The van der Waals surface area contributed by atoms with Gasteiger partial charge < -0.3 is 10.4 Å². The maximum atomic E-state index is 12.4. The highest BCUT2D eigenvalue weighted by Crippen LogP contribution is 2.16. The first kappa shape index (κ1) is 21.7. The molecule has 2 N–H and O–H groups in total. The highest BCUT2D eigenvalue weighted by atomic mass is 16.4. The van der Waals surface area contributed by atoms with E-state index in [1.807, 2.05) is 49.7 Å². The fourth-order valence-electron chi connectivity index (χ4n) is 3.34. The first-order valence-corrected chi connectivity index (χ1v) is 9.75. The highest BCUT2D eigenvalue weighted by molar-refractivity contribution is 5.80. The number of hydrogen-bond donors (Lipinski definition) is 2. The number of benzene rings is 1. The Balaban J connectivity index is 1.98. The lowest BCUT2D eigenvalue weighted by Crippen LogP contribution is -2.35. The van der Waals surface area contributed by atoms with Crippen molar-refractivity contribution in [3.8, 4) is 0 Å². The predicted octanol–water partition coefficient (Wildman–Crippen LogP) is 3.07. The minimum Gasteiger partial charge on any atom is -0.481 e. The van der Waals surface area contributed by atoms with Crippen molar-refractivity contribution < 1.29 is 14.7 Å². The zero-order valence-corrected chi connectivity index (χ0v) is 17.5. The van der Waals surface area contributed by atoms with Gasteiger partial charge in [0.2, 0.25) is 5.91 Å². The van der Waals surface area contributed by atoms with Gasteiger partial charge in [-0.15, -0.1) is 0 Å². The molecule has 0 aliphatic carbocycles. The second-order valence-corrected chi connectivity index (χ2v) is 7.93. The van der Waals surface area contributed by atoms with Crippen LogP contribution in [0.4, 0.5) is 0 Å². The summed E-state index contributed by atoms with van der Waals surface area (Å²) in [5, 5.41) is 16.8. The molecule has 1 aromatic carbocycles. The molecule has 28 heavy (non-hydrogen) atoms. The Morgan fingerprint density at radius 3 is 2.54 bits per heavy atom. The van der Waals surface area contributed by atoms with Crippen molar-refractivity contribution in [3.63, 3.8) is 0 Å². The summed E-state index contributed by atoms with van der Waals surface area (Å²) >= 11 is 0. The van der Waals surface area contributed by atoms with Crippen molar-refractivity contribution in [1.82, 2.24) is 15.1 Å². The van der Waals surface area contributed by atoms with Crippen molar-refractivity contribution in [2.24, 2.45) is 11.8 Å². The van der Waals surface area contributed by atoms with Gasteiger partial charge >= 0.3 is 5.97 Å². The fourth-order valence-corrected chi connectivity index (χ4v) is 3.34. The van der Waals surface area contributed by atoms with Gasteiger partial charge in [-0.25, -0.2) is 0 Å². The molecule has 1 amide bonds. The molecule has 0 spiro atoms. The summed E-state index contributed by atoms with van der Waals surface area (Å²) in [5.74, 6) is -1.26. The van der Waals surface area contributed by atoms with Gasteiger partial charge in [0.15, 0.2) is 0 Å². The number of hydrogen-bond acceptors (Lipinski definition) is 3. The van der Waals surface area contributed by atoms with Crippen molar-refractivity contribution in [2.45, 2.75) is 54.0 Å². The normalized spacial score (nSPS) is 12.2.